The molecule has 3 aromatic rings. The molecule has 0 fully saturated rings. The zero-order chi connectivity index (χ0) is 13.1. The Morgan fingerprint density at radius 1 is 1.21 bits per heavy atom. The predicted octanol–water partition coefficient (Wildman–Crippen LogP) is 2.80. The summed E-state index contributed by atoms with van der Waals surface area (Å²) in [5.74, 6) is 2.94. The second kappa shape index (κ2) is 5.28. The van der Waals surface area contributed by atoms with Gasteiger partial charge in [0.15, 0.2) is 0 Å². The van der Waals surface area contributed by atoms with Gasteiger partial charge in [0.1, 0.15) is 17.3 Å². The van der Waals surface area contributed by atoms with Crippen LogP contribution >= 0.6 is 0 Å². The number of aromatic nitrogens is 2. The summed E-state index contributed by atoms with van der Waals surface area (Å²) < 4.78 is 5.50. The molecule has 0 saturated carbocycles. The monoisotopic (exact) mass is 255 g/mol. The molecule has 0 saturated heterocycles. The molecule has 0 amide bonds. The summed E-state index contributed by atoms with van der Waals surface area (Å²) in [6.45, 7) is 3.59. The lowest BCUT2D eigenvalue weighted by Crippen LogP contribution is -2.16. The molecule has 0 aliphatic heterocycles. The Bertz CT molecular complexity index is 636. The van der Waals surface area contributed by atoms with Gasteiger partial charge in [0.25, 0.3) is 0 Å². The Morgan fingerprint density at radius 2 is 2.11 bits per heavy atom. The first-order valence-electron chi connectivity index (χ1n) is 6.51. The highest BCUT2D eigenvalue weighted by Crippen LogP contribution is 2.10. The molecular formula is C15H17N3O. The number of furan rings is 1. The molecule has 2 heterocycles. The molecule has 0 spiro atoms. The molecular weight excluding hydrogens is 238 g/mol. The van der Waals surface area contributed by atoms with E-state index in [2.05, 4.69) is 15.3 Å². The van der Waals surface area contributed by atoms with E-state index < -0.39 is 0 Å². The molecule has 0 aliphatic carbocycles. The fourth-order valence-corrected chi connectivity index (χ4v) is 2.12. The van der Waals surface area contributed by atoms with E-state index in [9.17, 15) is 0 Å². The lowest BCUT2D eigenvalue weighted by Gasteiger charge is -2.00. The molecule has 0 unspecified atom stereocenters. The van der Waals surface area contributed by atoms with E-state index in [1.807, 2.05) is 43.3 Å². The van der Waals surface area contributed by atoms with Crippen molar-refractivity contribution < 1.29 is 4.42 Å². The number of nitrogens with one attached hydrogen (secondary N) is 2. The van der Waals surface area contributed by atoms with Gasteiger partial charge < -0.3 is 14.7 Å². The predicted molar refractivity (Wildman–Crippen MR) is 74.9 cm³/mol. The number of benzene rings is 1. The van der Waals surface area contributed by atoms with E-state index in [0.717, 1.165) is 47.9 Å². The maximum absolute atomic E-state index is 5.50. The molecule has 1 aromatic carbocycles. The molecule has 4 heteroatoms. The highest BCUT2D eigenvalue weighted by molar-refractivity contribution is 5.74. The third-order valence-corrected chi connectivity index (χ3v) is 3.07. The van der Waals surface area contributed by atoms with Crippen molar-refractivity contribution in [3.8, 4) is 0 Å². The maximum Gasteiger partial charge on any atom is 0.117 e. The summed E-state index contributed by atoms with van der Waals surface area (Å²) in [7, 11) is 0. The van der Waals surface area contributed by atoms with Gasteiger partial charge in [0, 0.05) is 13.0 Å². The summed E-state index contributed by atoms with van der Waals surface area (Å²) in [6.07, 6.45) is 0.883. The number of hydrogen-bond acceptors (Lipinski definition) is 3. The molecule has 0 aliphatic rings. The van der Waals surface area contributed by atoms with Gasteiger partial charge in [-0.15, -0.1) is 0 Å². The van der Waals surface area contributed by atoms with Crippen LogP contribution in [0.1, 0.15) is 17.3 Å². The topological polar surface area (TPSA) is 53.9 Å². The summed E-state index contributed by atoms with van der Waals surface area (Å²) >= 11 is 0. The van der Waals surface area contributed by atoms with Crippen molar-refractivity contribution in [1.82, 2.24) is 15.3 Å². The highest BCUT2D eigenvalue weighted by atomic mass is 16.3. The van der Waals surface area contributed by atoms with Crippen molar-refractivity contribution in [2.45, 2.75) is 19.9 Å². The molecule has 2 aromatic heterocycles. The average molecular weight is 255 g/mol. The molecule has 4 nitrogen and oxygen atoms in total. The fraction of sp³-hybridized carbons (Fsp3) is 0.267. The molecule has 0 bridgehead atoms. The Balaban J connectivity index is 1.52. The van der Waals surface area contributed by atoms with Crippen LogP contribution in [0, 0.1) is 6.92 Å². The van der Waals surface area contributed by atoms with Crippen LogP contribution < -0.4 is 5.32 Å². The van der Waals surface area contributed by atoms with Gasteiger partial charge in [-0.3, -0.25) is 0 Å². The largest absolute Gasteiger partial charge is 0.465 e. The van der Waals surface area contributed by atoms with Crippen molar-refractivity contribution in [3.63, 3.8) is 0 Å². The maximum atomic E-state index is 5.50. The van der Waals surface area contributed by atoms with E-state index in [1.54, 1.807) is 0 Å². The number of para-hydroxylation sites is 2. The standard InChI is InChI=1S/C15H17N3O/c1-11-6-7-12(19-11)10-16-9-8-15-17-13-4-2-3-5-14(13)18-15/h2-7,16H,8-10H2,1H3,(H,17,18). The zero-order valence-electron chi connectivity index (χ0n) is 10.9. The Morgan fingerprint density at radius 3 is 2.89 bits per heavy atom. The number of nitrogens with zero attached hydrogens (tertiary/aromatic N) is 1. The molecule has 2 N–H and O–H groups in total. The van der Waals surface area contributed by atoms with Gasteiger partial charge in [-0.25, -0.2) is 4.98 Å². The SMILES string of the molecule is Cc1ccc(CNCCc2nc3ccccc3[nH]2)o1. The average Bonchev–Trinajstić information content (AvgIpc) is 3.00. The fourth-order valence-electron chi connectivity index (χ4n) is 2.12. The van der Waals surface area contributed by atoms with Crippen molar-refractivity contribution in [2.24, 2.45) is 0 Å². The van der Waals surface area contributed by atoms with Gasteiger partial charge >= 0.3 is 0 Å². The second-order valence-electron chi connectivity index (χ2n) is 4.64. The van der Waals surface area contributed by atoms with Crippen molar-refractivity contribution in [1.29, 1.82) is 0 Å². The van der Waals surface area contributed by atoms with E-state index in [-0.39, 0.29) is 0 Å². The van der Waals surface area contributed by atoms with Crippen LogP contribution in [0.2, 0.25) is 0 Å². The van der Waals surface area contributed by atoms with Crippen LogP contribution in [0.3, 0.4) is 0 Å². The van der Waals surface area contributed by atoms with Crippen molar-refractivity contribution in [2.75, 3.05) is 6.54 Å². The molecule has 19 heavy (non-hydrogen) atoms. The lowest BCUT2D eigenvalue weighted by molar-refractivity contribution is 0.462. The normalized spacial score (nSPS) is 11.2. The lowest BCUT2D eigenvalue weighted by atomic mass is 10.3. The summed E-state index contributed by atoms with van der Waals surface area (Å²) in [6, 6.07) is 12.1. The molecule has 3 rings (SSSR count). The zero-order valence-corrected chi connectivity index (χ0v) is 10.9. The van der Waals surface area contributed by atoms with Gasteiger partial charge in [-0.2, -0.15) is 0 Å². The number of H-pyrrole nitrogens is 1. The van der Waals surface area contributed by atoms with E-state index in [4.69, 9.17) is 4.42 Å². The van der Waals surface area contributed by atoms with Crippen LogP contribution in [0.15, 0.2) is 40.8 Å². The summed E-state index contributed by atoms with van der Waals surface area (Å²) in [4.78, 5) is 7.87. The minimum Gasteiger partial charge on any atom is -0.465 e. The van der Waals surface area contributed by atoms with Gasteiger partial charge in [-0.1, -0.05) is 12.1 Å². The number of fused-ring (bicyclic) bond motifs is 1. The first kappa shape index (κ1) is 12.0. The van der Waals surface area contributed by atoms with Gasteiger partial charge in [0.2, 0.25) is 0 Å². The number of hydrogen-bond donors (Lipinski definition) is 2. The number of imidazole rings is 1. The highest BCUT2D eigenvalue weighted by Gasteiger charge is 2.02. The van der Waals surface area contributed by atoms with E-state index in [1.165, 1.54) is 0 Å². The van der Waals surface area contributed by atoms with Crippen molar-refractivity contribution in [3.05, 3.63) is 53.7 Å². The van der Waals surface area contributed by atoms with Crippen LogP contribution in [-0.4, -0.2) is 16.5 Å². The summed E-state index contributed by atoms with van der Waals surface area (Å²) in [5.41, 5.74) is 2.12. The number of rotatable bonds is 5. The molecule has 0 atom stereocenters. The van der Waals surface area contributed by atoms with Crippen LogP contribution in [0.5, 0.6) is 0 Å². The Hall–Kier alpha value is -2.07. The van der Waals surface area contributed by atoms with Gasteiger partial charge in [-0.05, 0) is 31.2 Å². The third kappa shape index (κ3) is 2.85. The Labute approximate surface area is 111 Å². The van der Waals surface area contributed by atoms with Crippen LogP contribution in [-0.2, 0) is 13.0 Å². The summed E-state index contributed by atoms with van der Waals surface area (Å²) in [5, 5.41) is 3.35. The molecule has 0 radical (unpaired) electrons. The smallest absolute Gasteiger partial charge is 0.117 e. The van der Waals surface area contributed by atoms with Crippen LogP contribution in [0.25, 0.3) is 11.0 Å². The van der Waals surface area contributed by atoms with E-state index in [0.29, 0.717) is 0 Å². The minimum atomic E-state index is 0.758. The first-order chi connectivity index (χ1) is 9.31. The second-order valence-corrected chi connectivity index (χ2v) is 4.64. The molecule has 98 valence electrons. The first-order valence-corrected chi connectivity index (χ1v) is 6.51. The Kier molecular flexibility index (Phi) is 3.33. The third-order valence-electron chi connectivity index (χ3n) is 3.07. The number of aromatic amines is 1. The minimum absolute atomic E-state index is 0.758. The van der Waals surface area contributed by atoms with Gasteiger partial charge in [0.05, 0.1) is 17.6 Å². The van der Waals surface area contributed by atoms with Crippen molar-refractivity contribution >= 4 is 11.0 Å². The number of aryl methyl sites for hydroxylation is 1. The van der Waals surface area contributed by atoms with E-state index >= 15 is 0 Å². The van der Waals surface area contributed by atoms with Crippen LogP contribution in [0.4, 0.5) is 0 Å². The quantitative estimate of drug-likeness (QED) is 0.689.